The Morgan fingerprint density at radius 2 is 0.885 bits per heavy atom. The van der Waals surface area contributed by atoms with Gasteiger partial charge in [-0.1, -0.05) is 97.1 Å². The summed E-state index contributed by atoms with van der Waals surface area (Å²) in [6.45, 7) is 4.38. The number of rotatable bonds is 3. The smallest absolute Gasteiger partial charge is 0.00241 e. The number of benzene rings is 4. The van der Waals surface area contributed by atoms with Gasteiger partial charge in [0.15, 0.2) is 0 Å². The molecule has 0 aromatic heterocycles. The average molecular weight is 334 g/mol. The lowest BCUT2D eigenvalue weighted by Gasteiger charge is -2.19. The van der Waals surface area contributed by atoms with E-state index in [0.29, 0.717) is 0 Å². The molecule has 0 amide bonds. The third-order valence-electron chi connectivity index (χ3n) is 5.00. The molecule has 0 aliphatic rings. The molecule has 26 heavy (non-hydrogen) atoms. The van der Waals surface area contributed by atoms with Crippen molar-refractivity contribution in [2.75, 3.05) is 0 Å². The van der Waals surface area contributed by atoms with Crippen LogP contribution in [-0.2, 0) is 0 Å². The molecular formula is C26H22. The van der Waals surface area contributed by atoms with Gasteiger partial charge < -0.3 is 0 Å². The van der Waals surface area contributed by atoms with Crippen molar-refractivity contribution >= 4 is 0 Å². The fourth-order valence-corrected chi connectivity index (χ4v) is 3.65. The largest absolute Gasteiger partial charge is 0.0622 e. The van der Waals surface area contributed by atoms with Crippen molar-refractivity contribution < 1.29 is 0 Å². The predicted molar refractivity (Wildman–Crippen MR) is 112 cm³/mol. The molecule has 0 bridgehead atoms. The van der Waals surface area contributed by atoms with Crippen LogP contribution in [0.5, 0.6) is 0 Å². The van der Waals surface area contributed by atoms with Crippen LogP contribution < -0.4 is 0 Å². The molecule has 0 nitrogen and oxygen atoms in total. The van der Waals surface area contributed by atoms with Crippen molar-refractivity contribution in [3.8, 4) is 33.4 Å². The highest BCUT2D eigenvalue weighted by atomic mass is 14.2. The average Bonchev–Trinajstić information content (AvgIpc) is 2.69. The second-order valence-corrected chi connectivity index (χ2v) is 6.72. The Kier molecular flexibility index (Phi) is 4.41. The van der Waals surface area contributed by atoms with Gasteiger partial charge in [-0.25, -0.2) is 0 Å². The molecule has 0 atom stereocenters. The summed E-state index contributed by atoms with van der Waals surface area (Å²) in [4.78, 5) is 0. The lowest BCUT2D eigenvalue weighted by atomic mass is 9.85. The van der Waals surface area contributed by atoms with Crippen LogP contribution in [0, 0.1) is 13.8 Å². The molecule has 0 unspecified atom stereocenters. The van der Waals surface area contributed by atoms with E-state index in [1.54, 1.807) is 0 Å². The van der Waals surface area contributed by atoms with Crippen molar-refractivity contribution in [1.29, 1.82) is 0 Å². The summed E-state index contributed by atoms with van der Waals surface area (Å²) in [5.41, 5.74) is 10.3. The van der Waals surface area contributed by atoms with E-state index < -0.39 is 0 Å². The van der Waals surface area contributed by atoms with Crippen molar-refractivity contribution in [2.24, 2.45) is 0 Å². The second kappa shape index (κ2) is 7.01. The van der Waals surface area contributed by atoms with Gasteiger partial charge in [-0.05, 0) is 58.4 Å². The Morgan fingerprint density at radius 1 is 0.385 bits per heavy atom. The van der Waals surface area contributed by atoms with E-state index in [1.165, 1.54) is 44.5 Å². The zero-order valence-electron chi connectivity index (χ0n) is 15.2. The van der Waals surface area contributed by atoms with Crippen LogP contribution in [0.4, 0.5) is 0 Å². The Balaban J connectivity index is 2.08. The van der Waals surface area contributed by atoms with Crippen molar-refractivity contribution in [2.45, 2.75) is 13.8 Å². The van der Waals surface area contributed by atoms with E-state index in [9.17, 15) is 0 Å². The summed E-state index contributed by atoms with van der Waals surface area (Å²) >= 11 is 0. The molecule has 0 spiro atoms. The minimum absolute atomic E-state index is 1.25. The normalized spacial score (nSPS) is 10.7. The summed E-state index contributed by atoms with van der Waals surface area (Å²) in [5, 5.41) is 0. The molecule has 126 valence electrons. The highest BCUT2D eigenvalue weighted by molar-refractivity contribution is 5.95. The molecule has 0 radical (unpaired) electrons. The van der Waals surface area contributed by atoms with Gasteiger partial charge in [0.2, 0.25) is 0 Å². The Bertz CT molecular complexity index is 1040. The zero-order chi connectivity index (χ0) is 17.9. The van der Waals surface area contributed by atoms with Gasteiger partial charge in [-0.2, -0.15) is 0 Å². The van der Waals surface area contributed by atoms with Crippen LogP contribution in [-0.4, -0.2) is 0 Å². The van der Waals surface area contributed by atoms with Crippen LogP contribution in [0.2, 0.25) is 0 Å². The summed E-state index contributed by atoms with van der Waals surface area (Å²) in [7, 11) is 0. The summed E-state index contributed by atoms with van der Waals surface area (Å²) < 4.78 is 0. The van der Waals surface area contributed by atoms with E-state index in [4.69, 9.17) is 0 Å². The maximum Gasteiger partial charge on any atom is -0.00241 e. The number of aryl methyl sites for hydroxylation is 2. The maximum atomic E-state index is 2.25. The van der Waals surface area contributed by atoms with Gasteiger partial charge in [0.05, 0.1) is 0 Å². The fraction of sp³-hybridized carbons (Fsp3) is 0.0769. The van der Waals surface area contributed by atoms with Crippen molar-refractivity contribution in [1.82, 2.24) is 0 Å². The first-order chi connectivity index (χ1) is 12.8. The summed E-state index contributed by atoms with van der Waals surface area (Å²) in [6.07, 6.45) is 0. The molecule has 4 rings (SSSR count). The third kappa shape index (κ3) is 2.95. The molecule has 0 N–H and O–H groups in total. The predicted octanol–water partition coefficient (Wildman–Crippen LogP) is 7.30. The highest BCUT2D eigenvalue weighted by Gasteiger charge is 2.16. The molecule has 4 aromatic rings. The Hall–Kier alpha value is -3.12. The summed E-state index contributed by atoms with van der Waals surface area (Å²) in [6, 6.07) is 34.6. The minimum atomic E-state index is 1.25. The van der Waals surface area contributed by atoms with Gasteiger partial charge >= 0.3 is 0 Å². The van der Waals surface area contributed by atoms with E-state index in [-0.39, 0.29) is 0 Å². The van der Waals surface area contributed by atoms with Crippen LogP contribution in [0.15, 0.2) is 97.1 Å². The molecule has 0 saturated carbocycles. The fourth-order valence-electron chi connectivity index (χ4n) is 3.65. The Morgan fingerprint density at radius 3 is 1.54 bits per heavy atom. The lowest BCUT2D eigenvalue weighted by molar-refractivity contribution is 1.43. The van der Waals surface area contributed by atoms with E-state index in [0.717, 1.165) is 0 Å². The molecule has 0 heterocycles. The highest BCUT2D eigenvalue weighted by Crippen LogP contribution is 2.41. The van der Waals surface area contributed by atoms with Crippen molar-refractivity contribution in [3.63, 3.8) is 0 Å². The van der Waals surface area contributed by atoms with Gasteiger partial charge in [-0.3, -0.25) is 0 Å². The quantitative estimate of drug-likeness (QED) is 0.368. The van der Waals surface area contributed by atoms with Crippen molar-refractivity contribution in [3.05, 3.63) is 108 Å². The first kappa shape index (κ1) is 16.4. The van der Waals surface area contributed by atoms with Crippen LogP contribution in [0.1, 0.15) is 11.1 Å². The summed E-state index contributed by atoms with van der Waals surface area (Å²) in [5.74, 6) is 0. The van der Waals surface area contributed by atoms with E-state index >= 15 is 0 Å². The van der Waals surface area contributed by atoms with Crippen LogP contribution >= 0.6 is 0 Å². The van der Waals surface area contributed by atoms with Gasteiger partial charge in [0, 0.05) is 0 Å². The SMILES string of the molecule is Cc1ccccc1-c1cccc(-c2ccccc2)c1-c1ccccc1C. The molecule has 0 saturated heterocycles. The molecule has 0 heteroatoms. The van der Waals surface area contributed by atoms with Gasteiger partial charge in [-0.15, -0.1) is 0 Å². The third-order valence-corrected chi connectivity index (χ3v) is 5.00. The van der Waals surface area contributed by atoms with Crippen LogP contribution in [0.25, 0.3) is 33.4 Å². The zero-order valence-corrected chi connectivity index (χ0v) is 15.2. The van der Waals surface area contributed by atoms with E-state index in [1.807, 2.05) is 0 Å². The van der Waals surface area contributed by atoms with Gasteiger partial charge in [0.25, 0.3) is 0 Å². The minimum Gasteiger partial charge on any atom is -0.0622 e. The lowest BCUT2D eigenvalue weighted by Crippen LogP contribution is -1.93. The standard InChI is InChI=1S/C26H22/c1-19-11-6-8-15-22(19)25-18-10-17-24(21-13-4-3-5-14-21)26(25)23-16-9-7-12-20(23)2/h3-18H,1-2H3. The van der Waals surface area contributed by atoms with E-state index in [2.05, 4.69) is 111 Å². The number of hydrogen-bond acceptors (Lipinski definition) is 0. The first-order valence-corrected chi connectivity index (χ1v) is 9.06. The topological polar surface area (TPSA) is 0 Å². The maximum absolute atomic E-state index is 2.25. The molecule has 0 aliphatic carbocycles. The van der Waals surface area contributed by atoms with Crippen LogP contribution in [0.3, 0.4) is 0 Å². The number of hydrogen-bond donors (Lipinski definition) is 0. The first-order valence-electron chi connectivity index (χ1n) is 9.06. The molecule has 0 aliphatic heterocycles. The second-order valence-electron chi connectivity index (χ2n) is 6.72. The molecule has 4 aromatic carbocycles. The molecule has 0 fully saturated rings. The van der Waals surface area contributed by atoms with Gasteiger partial charge in [0.1, 0.15) is 0 Å². The molecular weight excluding hydrogens is 312 g/mol. The Labute approximate surface area is 155 Å². The monoisotopic (exact) mass is 334 g/mol.